The summed E-state index contributed by atoms with van der Waals surface area (Å²) in [6.07, 6.45) is 1.32. The number of halogens is 2. The van der Waals surface area contributed by atoms with Gasteiger partial charge in [0.1, 0.15) is 11.6 Å². The molecule has 0 aliphatic rings. The first-order valence-corrected chi connectivity index (χ1v) is 10.2. The van der Waals surface area contributed by atoms with Crippen LogP contribution in [0.4, 0.5) is 15.8 Å². The Morgan fingerprint density at radius 2 is 1.85 bits per heavy atom. The van der Waals surface area contributed by atoms with Gasteiger partial charge in [0.25, 0.3) is 17.5 Å². The Bertz CT molecular complexity index is 1220. The Labute approximate surface area is 195 Å². The fourth-order valence-corrected chi connectivity index (χ4v) is 2.98. The molecule has 0 saturated heterocycles. The number of nitro benzene ring substituents is 1. The molecule has 168 valence electrons. The second-order valence-corrected chi connectivity index (χ2v) is 7.42. The van der Waals surface area contributed by atoms with E-state index in [1.54, 1.807) is 24.3 Å². The molecule has 0 aromatic heterocycles. The molecule has 0 bridgehead atoms. The first-order valence-electron chi connectivity index (χ1n) is 9.38. The van der Waals surface area contributed by atoms with Crippen LogP contribution in [0.15, 0.2) is 76.3 Å². The molecule has 0 radical (unpaired) electrons. The summed E-state index contributed by atoms with van der Waals surface area (Å²) in [4.78, 5) is 34.4. The van der Waals surface area contributed by atoms with Gasteiger partial charge >= 0.3 is 0 Å². The van der Waals surface area contributed by atoms with Crippen LogP contribution in [-0.4, -0.2) is 29.6 Å². The predicted molar refractivity (Wildman–Crippen MR) is 123 cm³/mol. The van der Waals surface area contributed by atoms with Crippen LogP contribution in [0.5, 0.6) is 5.75 Å². The number of para-hydroxylation sites is 1. The van der Waals surface area contributed by atoms with Crippen LogP contribution >= 0.6 is 15.9 Å². The lowest BCUT2D eigenvalue weighted by Gasteiger charge is -2.10. The van der Waals surface area contributed by atoms with Gasteiger partial charge in [-0.1, -0.05) is 28.1 Å². The highest BCUT2D eigenvalue weighted by Crippen LogP contribution is 2.22. The van der Waals surface area contributed by atoms with Gasteiger partial charge in [-0.3, -0.25) is 19.7 Å². The van der Waals surface area contributed by atoms with E-state index in [-0.39, 0.29) is 23.5 Å². The largest absolute Gasteiger partial charge is 0.483 e. The van der Waals surface area contributed by atoms with Crippen LogP contribution < -0.4 is 15.5 Å². The number of hydrogen-bond donors (Lipinski definition) is 2. The average molecular weight is 515 g/mol. The number of non-ortho nitro benzene ring substituents is 1. The Morgan fingerprint density at radius 1 is 1.12 bits per heavy atom. The molecule has 0 unspecified atom stereocenters. The molecule has 11 heteroatoms. The zero-order chi connectivity index (χ0) is 23.8. The molecule has 9 nitrogen and oxygen atoms in total. The minimum absolute atomic E-state index is 0.0395. The number of carbonyl (C=O) groups is 2. The van der Waals surface area contributed by atoms with E-state index in [2.05, 4.69) is 31.8 Å². The minimum Gasteiger partial charge on any atom is -0.483 e. The van der Waals surface area contributed by atoms with Gasteiger partial charge in [0.2, 0.25) is 0 Å². The van der Waals surface area contributed by atoms with Crippen LogP contribution in [0.2, 0.25) is 0 Å². The first kappa shape index (κ1) is 23.5. The van der Waals surface area contributed by atoms with E-state index < -0.39 is 22.6 Å². The first-order chi connectivity index (χ1) is 15.8. The monoisotopic (exact) mass is 514 g/mol. The lowest BCUT2D eigenvalue weighted by atomic mass is 10.2. The summed E-state index contributed by atoms with van der Waals surface area (Å²) in [5, 5.41) is 17.0. The molecular weight excluding hydrogens is 499 g/mol. The van der Waals surface area contributed by atoms with Gasteiger partial charge in [-0.2, -0.15) is 5.10 Å². The van der Waals surface area contributed by atoms with Crippen LogP contribution in [0.25, 0.3) is 0 Å². The van der Waals surface area contributed by atoms with Crippen LogP contribution in [-0.2, 0) is 4.79 Å². The summed E-state index contributed by atoms with van der Waals surface area (Å²) in [5.74, 6) is -1.39. The lowest BCUT2D eigenvalue weighted by molar-refractivity contribution is -0.384. The van der Waals surface area contributed by atoms with Gasteiger partial charge in [-0.15, -0.1) is 0 Å². The minimum atomic E-state index is -0.567. The molecule has 3 aromatic rings. The zero-order valence-corrected chi connectivity index (χ0v) is 18.4. The zero-order valence-electron chi connectivity index (χ0n) is 16.8. The third-order valence-electron chi connectivity index (χ3n) is 4.19. The molecule has 0 saturated carbocycles. The van der Waals surface area contributed by atoms with Gasteiger partial charge < -0.3 is 10.1 Å². The molecule has 0 fully saturated rings. The molecule has 0 heterocycles. The van der Waals surface area contributed by atoms with E-state index in [1.807, 2.05) is 0 Å². The summed E-state index contributed by atoms with van der Waals surface area (Å²) in [7, 11) is 0. The number of nitrogens with zero attached hydrogens (tertiary/aromatic N) is 2. The molecule has 2 amide bonds. The smallest absolute Gasteiger partial charge is 0.271 e. The Morgan fingerprint density at radius 3 is 2.55 bits per heavy atom. The Balaban J connectivity index is 1.62. The van der Waals surface area contributed by atoms with Crippen LogP contribution in [0.1, 0.15) is 15.9 Å². The van der Waals surface area contributed by atoms with Gasteiger partial charge in [0.05, 0.1) is 16.8 Å². The third-order valence-corrected chi connectivity index (χ3v) is 4.68. The van der Waals surface area contributed by atoms with Gasteiger partial charge in [0, 0.05) is 27.7 Å². The average Bonchev–Trinajstić information content (AvgIpc) is 2.80. The molecule has 2 N–H and O–H groups in total. The fraction of sp³-hybridized carbons (Fsp3) is 0.0455. The van der Waals surface area contributed by atoms with Crippen molar-refractivity contribution < 1.29 is 23.6 Å². The number of amides is 2. The quantitative estimate of drug-likeness (QED) is 0.264. The van der Waals surface area contributed by atoms with Crippen molar-refractivity contribution in [1.29, 1.82) is 0 Å². The highest BCUT2D eigenvalue weighted by Gasteiger charge is 2.11. The van der Waals surface area contributed by atoms with E-state index in [1.165, 1.54) is 48.7 Å². The van der Waals surface area contributed by atoms with Crippen molar-refractivity contribution in [3.63, 3.8) is 0 Å². The maximum absolute atomic E-state index is 13.7. The van der Waals surface area contributed by atoms with Crippen molar-refractivity contribution in [3.8, 4) is 5.75 Å². The number of benzene rings is 3. The number of hydrazone groups is 1. The standard InChI is InChI=1S/C22H16BrFN4O5/c23-16-7-10-20(33-13-21(29)26-19-4-2-1-3-18(19)24)15(11-16)12-25-27-22(30)14-5-8-17(9-6-14)28(31)32/h1-12H,13H2,(H,26,29)(H,27,30)/b25-12+. The third kappa shape index (κ3) is 6.68. The number of ether oxygens (including phenoxy) is 1. The summed E-state index contributed by atoms with van der Waals surface area (Å²) >= 11 is 3.32. The van der Waals surface area contributed by atoms with Crippen molar-refractivity contribution in [3.05, 3.63) is 98.3 Å². The number of anilines is 1. The highest BCUT2D eigenvalue weighted by molar-refractivity contribution is 9.10. The topological polar surface area (TPSA) is 123 Å². The molecule has 0 aliphatic carbocycles. The van der Waals surface area contributed by atoms with Crippen molar-refractivity contribution in [2.75, 3.05) is 11.9 Å². The molecule has 3 aromatic carbocycles. The molecular formula is C22H16BrFN4O5. The molecule has 0 atom stereocenters. The maximum atomic E-state index is 13.7. The SMILES string of the molecule is O=C(COc1ccc(Br)cc1/C=N/NC(=O)c1ccc([N+](=O)[O-])cc1)Nc1ccccc1F. The highest BCUT2D eigenvalue weighted by atomic mass is 79.9. The number of hydrogen-bond acceptors (Lipinski definition) is 6. The number of carbonyl (C=O) groups excluding carboxylic acids is 2. The molecule has 3 rings (SSSR count). The Hall–Kier alpha value is -4.12. The summed E-state index contributed by atoms with van der Waals surface area (Å²) in [6, 6.07) is 15.8. The number of nitro groups is 1. The number of rotatable bonds is 8. The maximum Gasteiger partial charge on any atom is 0.271 e. The van der Waals surface area contributed by atoms with Crippen molar-refractivity contribution in [2.45, 2.75) is 0 Å². The van der Waals surface area contributed by atoms with Gasteiger partial charge in [0.15, 0.2) is 6.61 Å². The summed E-state index contributed by atoms with van der Waals surface area (Å²) in [5.41, 5.74) is 2.86. The number of nitrogens with one attached hydrogen (secondary N) is 2. The van der Waals surface area contributed by atoms with E-state index in [0.717, 1.165) is 0 Å². The summed E-state index contributed by atoms with van der Waals surface area (Å²) < 4.78 is 19.9. The van der Waals surface area contributed by atoms with Gasteiger partial charge in [-0.05, 0) is 42.5 Å². The van der Waals surface area contributed by atoms with Crippen LogP contribution in [0.3, 0.4) is 0 Å². The van der Waals surface area contributed by atoms with E-state index >= 15 is 0 Å². The Kier molecular flexibility index (Phi) is 7.82. The predicted octanol–water partition coefficient (Wildman–Crippen LogP) is 4.28. The van der Waals surface area contributed by atoms with Crippen molar-refractivity contribution in [2.24, 2.45) is 5.10 Å². The second-order valence-electron chi connectivity index (χ2n) is 6.50. The van der Waals surface area contributed by atoms with E-state index in [0.29, 0.717) is 15.8 Å². The summed E-state index contributed by atoms with van der Waals surface area (Å²) in [6.45, 7) is -0.383. The molecule has 0 spiro atoms. The van der Waals surface area contributed by atoms with Gasteiger partial charge in [-0.25, -0.2) is 9.82 Å². The van der Waals surface area contributed by atoms with E-state index in [9.17, 15) is 24.1 Å². The second kappa shape index (κ2) is 11.0. The normalized spacial score (nSPS) is 10.6. The van der Waals surface area contributed by atoms with E-state index in [4.69, 9.17) is 4.74 Å². The lowest BCUT2D eigenvalue weighted by Crippen LogP contribution is -2.21. The van der Waals surface area contributed by atoms with Crippen LogP contribution in [0, 0.1) is 15.9 Å². The fourth-order valence-electron chi connectivity index (χ4n) is 2.60. The molecule has 33 heavy (non-hydrogen) atoms. The van der Waals surface area contributed by atoms with Crippen molar-refractivity contribution in [1.82, 2.24) is 5.43 Å². The molecule has 0 aliphatic heterocycles. The van der Waals surface area contributed by atoms with Crippen molar-refractivity contribution >= 4 is 45.3 Å².